The molecule has 7 nitrogen and oxygen atoms in total. The van der Waals surface area contributed by atoms with Crippen molar-refractivity contribution in [1.29, 1.82) is 0 Å². The lowest BCUT2D eigenvalue weighted by atomic mass is 9.97. The molecular formula is C26H32FN5O2. The Hall–Kier alpha value is -3.13. The molecule has 0 aromatic heterocycles. The predicted molar refractivity (Wildman–Crippen MR) is 133 cm³/mol. The fourth-order valence-corrected chi connectivity index (χ4v) is 5.31. The van der Waals surface area contributed by atoms with Crippen molar-refractivity contribution in [1.82, 2.24) is 9.80 Å². The zero-order valence-electron chi connectivity index (χ0n) is 20.1. The van der Waals surface area contributed by atoms with Gasteiger partial charge >= 0.3 is 6.03 Å². The molecule has 2 fully saturated rings. The Balaban J connectivity index is 1.33. The van der Waals surface area contributed by atoms with Gasteiger partial charge in [0.2, 0.25) is 0 Å². The number of likely N-dealkylation sites (N-methyl/N-ethyl adjacent to an activating group) is 2. The van der Waals surface area contributed by atoms with E-state index in [1.54, 1.807) is 21.9 Å². The summed E-state index contributed by atoms with van der Waals surface area (Å²) in [5.41, 5.74) is 3.56. The van der Waals surface area contributed by atoms with Crippen molar-refractivity contribution in [2.24, 2.45) is 0 Å². The molecule has 0 saturated carbocycles. The number of carbonyl (C=O) groups is 2. The number of fused-ring (bicyclic) bond motifs is 1. The van der Waals surface area contributed by atoms with E-state index in [1.165, 1.54) is 6.07 Å². The van der Waals surface area contributed by atoms with Crippen LogP contribution in [0.1, 0.15) is 29.3 Å². The zero-order valence-corrected chi connectivity index (χ0v) is 20.1. The summed E-state index contributed by atoms with van der Waals surface area (Å²) in [4.78, 5) is 35.3. The molecule has 3 amide bonds. The summed E-state index contributed by atoms with van der Waals surface area (Å²) in [5, 5.41) is 0. The van der Waals surface area contributed by atoms with Crippen molar-refractivity contribution in [3.05, 3.63) is 53.3 Å². The predicted octanol–water partition coefficient (Wildman–Crippen LogP) is 3.43. The second-order valence-electron chi connectivity index (χ2n) is 9.55. The molecule has 8 heteroatoms. The van der Waals surface area contributed by atoms with Gasteiger partial charge in [-0.3, -0.25) is 9.69 Å². The van der Waals surface area contributed by atoms with Crippen LogP contribution in [0.4, 0.5) is 26.2 Å². The van der Waals surface area contributed by atoms with Gasteiger partial charge in [-0.2, -0.15) is 0 Å². The van der Waals surface area contributed by atoms with E-state index in [1.807, 2.05) is 30.0 Å². The van der Waals surface area contributed by atoms with Gasteiger partial charge in [-0.15, -0.1) is 0 Å². The molecule has 0 unspecified atom stereocenters. The van der Waals surface area contributed by atoms with Crippen molar-refractivity contribution < 1.29 is 14.0 Å². The molecule has 2 aromatic carbocycles. The van der Waals surface area contributed by atoms with Crippen molar-refractivity contribution in [2.75, 3.05) is 68.1 Å². The van der Waals surface area contributed by atoms with Crippen LogP contribution in [-0.2, 0) is 6.42 Å². The van der Waals surface area contributed by atoms with Gasteiger partial charge < -0.3 is 19.6 Å². The summed E-state index contributed by atoms with van der Waals surface area (Å²) >= 11 is 0. The molecular weight excluding hydrogens is 433 g/mol. The standard InChI is InChI=1S/C26H32FN5O2/c1-4-29-13-14-32(26(29)34)19-5-7-22-18(15-19)9-12-31(25(22)33)20-6-8-24(23(27)16-20)30-11-10-21(17-30)28(2)3/h5-8,15-16,21H,4,9-14,17H2,1-3H3/t21-/m1/s1. The molecule has 2 saturated heterocycles. The van der Waals surface area contributed by atoms with Gasteiger partial charge in [-0.05, 0) is 75.8 Å². The zero-order chi connectivity index (χ0) is 24.0. The first kappa shape index (κ1) is 22.7. The topological polar surface area (TPSA) is 50.3 Å². The highest BCUT2D eigenvalue weighted by Gasteiger charge is 2.32. The minimum Gasteiger partial charge on any atom is -0.368 e. The quantitative estimate of drug-likeness (QED) is 0.679. The van der Waals surface area contributed by atoms with Crippen molar-refractivity contribution in [3.63, 3.8) is 0 Å². The van der Waals surface area contributed by atoms with Gasteiger partial charge in [-0.25, -0.2) is 9.18 Å². The van der Waals surface area contributed by atoms with Crippen molar-refractivity contribution in [3.8, 4) is 0 Å². The molecule has 1 atom stereocenters. The third-order valence-electron chi connectivity index (χ3n) is 7.43. The average Bonchev–Trinajstić information content (AvgIpc) is 3.46. The van der Waals surface area contributed by atoms with Crippen LogP contribution in [0.15, 0.2) is 36.4 Å². The third-order valence-corrected chi connectivity index (χ3v) is 7.43. The summed E-state index contributed by atoms with van der Waals surface area (Å²) in [5.74, 6) is -0.421. The van der Waals surface area contributed by atoms with E-state index >= 15 is 4.39 Å². The van der Waals surface area contributed by atoms with Crippen LogP contribution in [0, 0.1) is 5.82 Å². The van der Waals surface area contributed by atoms with Gasteiger partial charge in [0.1, 0.15) is 5.82 Å². The molecule has 0 bridgehead atoms. The largest absolute Gasteiger partial charge is 0.368 e. The Labute approximate surface area is 200 Å². The van der Waals surface area contributed by atoms with E-state index < -0.39 is 0 Å². The maximum absolute atomic E-state index is 15.1. The van der Waals surface area contributed by atoms with E-state index in [0.717, 1.165) is 30.8 Å². The van der Waals surface area contributed by atoms with Crippen LogP contribution in [0.2, 0.25) is 0 Å². The summed E-state index contributed by atoms with van der Waals surface area (Å²) < 4.78 is 15.1. The van der Waals surface area contributed by atoms with Gasteiger partial charge in [0, 0.05) is 62.2 Å². The van der Waals surface area contributed by atoms with Gasteiger partial charge in [0.15, 0.2) is 0 Å². The molecule has 3 heterocycles. The molecule has 3 aliphatic heterocycles. The van der Waals surface area contributed by atoms with E-state index in [4.69, 9.17) is 0 Å². The Morgan fingerprint density at radius 2 is 1.74 bits per heavy atom. The average molecular weight is 466 g/mol. The van der Waals surface area contributed by atoms with E-state index in [0.29, 0.717) is 55.6 Å². The Bertz CT molecular complexity index is 1120. The Morgan fingerprint density at radius 1 is 0.971 bits per heavy atom. The molecule has 180 valence electrons. The maximum Gasteiger partial charge on any atom is 0.324 e. The number of anilines is 3. The number of carbonyl (C=O) groups excluding carboxylic acids is 2. The first-order valence-electron chi connectivity index (χ1n) is 12.1. The molecule has 0 N–H and O–H groups in total. The van der Waals surface area contributed by atoms with Crippen LogP contribution in [0.25, 0.3) is 0 Å². The number of halogens is 1. The van der Waals surface area contributed by atoms with Crippen LogP contribution in [0.3, 0.4) is 0 Å². The van der Waals surface area contributed by atoms with Crippen LogP contribution >= 0.6 is 0 Å². The lowest BCUT2D eigenvalue weighted by molar-refractivity contribution is 0.0980. The van der Waals surface area contributed by atoms with E-state index in [-0.39, 0.29) is 17.8 Å². The van der Waals surface area contributed by atoms with Gasteiger partial charge in [0.05, 0.1) is 5.69 Å². The first-order valence-corrected chi connectivity index (χ1v) is 12.1. The highest BCUT2D eigenvalue weighted by molar-refractivity contribution is 6.08. The number of rotatable bonds is 5. The number of amides is 3. The SMILES string of the molecule is CCN1CCN(c2ccc3c(c2)CCN(c2ccc(N4CC[C@@H](N(C)C)C4)c(F)c2)C3=O)C1=O. The fraction of sp³-hybridized carbons (Fsp3) is 0.462. The molecule has 34 heavy (non-hydrogen) atoms. The first-order chi connectivity index (χ1) is 16.4. The molecule has 0 spiro atoms. The summed E-state index contributed by atoms with van der Waals surface area (Å²) in [6.07, 6.45) is 1.67. The highest BCUT2D eigenvalue weighted by atomic mass is 19.1. The van der Waals surface area contributed by atoms with Gasteiger partial charge in [-0.1, -0.05) is 0 Å². The smallest absolute Gasteiger partial charge is 0.324 e. The highest BCUT2D eigenvalue weighted by Crippen LogP contribution is 2.32. The number of hydrogen-bond donors (Lipinski definition) is 0. The lowest BCUT2D eigenvalue weighted by Crippen LogP contribution is -2.38. The maximum atomic E-state index is 15.1. The Kier molecular flexibility index (Phi) is 5.93. The molecule has 0 radical (unpaired) electrons. The van der Waals surface area contributed by atoms with Crippen LogP contribution < -0.4 is 14.7 Å². The normalized spacial score (nSPS) is 20.7. The summed E-state index contributed by atoms with van der Waals surface area (Å²) in [6, 6.07) is 11.2. The summed E-state index contributed by atoms with van der Waals surface area (Å²) in [7, 11) is 4.11. The lowest BCUT2D eigenvalue weighted by Gasteiger charge is -2.30. The number of hydrogen-bond acceptors (Lipinski definition) is 4. The number of benzene rings is 2. The minimum absolute atomic E-state index is 0.0108. The summed E-state index contributed by atoms with van der Waals surface area (Å²) in [6.45, 7) is 6.15. The number of urea groups is 1. The third kappa shape index (κ3) is 3.90. The second kappa shape index (κ2) is 8.91. The van der Waals surface area contributed by atoms with Crippen molar-refractivity contribution in [2.45, 2.75) is 25.8 Å². The molecule has 2 aromatic rings. The van der Waals surface area contributed by atoms with Gasteiger partial charge in [0.25, 0.3) is 5.91 Å². The van der Waals surface area contributed by atoms with E-state index in [2.05, 4.69) is 23.9 Å². The number of nitrogens with zero attached hydrogens (tertiary/aromatic N) is 5. The Morgan fingerprint density at radius 3 is 2.41 bits per heavy atom. The molecule has 0 aliphatic carbocycles. The minimum atomic E-state index is -0.293. The van der Waals surface area contributed by atoms with E-state index in [9.17, 15) is 9.59 Å². The molecule has 5 rings (SSSR count). The van der Waals surface area contributed by atoms with Crippen LogP contribution in [0.5, 0.6) is 0 Å². The molecule has 3 aliphatic rings. The van der Waals surface area contributed by atoms with Crippen LogP contribution in [-0.4, -0.2) is 81.1 Å². The fourth-order valence-electron chi connectivity index (χ4n) is 5.31. The second-order valence-corrected chi connectivity index (χ2v) is 9.55. The monoisotopic (exact) mass is 465 g/mol. The van der Waals surface area contributed by atoms with Crippen molar-refractivity contribution >= 4 is 29.0 Å².